The molecule has 0 spiro atoms. The second-order valence-electron chi connectivity index (χ2n) is 4.07. The van der Waals surface area contributed by atoms with Crippen molar-refractivity contribution in [3.63, 3.8) is 0 Å². The molecule has 0 atom stereocenters. The van der Waals surface area contributed by atoms with E-state index in [2.05, 4.69) is 5.32 Å². The molecule has 20 heavy (non-hydrogen) atoms. The van der Waals surface area contributed by atoms with Gasteiger partial charge in [0.05, 0.1) is 5.56 Å². The predicted molar refractivity (Wildman–Crippen MR) is 81.6 cm³/mol. The highest BCUT2D eigenvalue weighted by Gasteiger charge is 2.13. The summed E-state index contributed by atoms with van der Waals surface area (Å²) < 4.78 is 5.27. The van der Waals surface area contributed by atoms with Crippen molar-refractivity contribution in [1.29, 1.82) is 0 Å². The average molecular weight is 310 g/mol. The van der Waals surface area contributed by atoms with Crippen molar-refractivity contribution in [2.45, 2.75) is 6.61 Å². The number of nitrogens with one attached hydrogen (secondary N) is 1. The summed E-state index contributed by atoms with van der Waals surface area (Å²) in [6, 6.07) is 12.3. The first-order valence-electron chi connectivity index (χ1n) is 6.00. The van der Waals surface area contributed by atoms with Gasteiger partial charge in [-0.1, -0.05) is 41.4 Å². The Hall–Kier alpha value is -1.71. The van der Waals surface area contributed by atoms with Gasteiger partial charge in [-0.3, -0.25) is 0 Å². The Kier molecular flexibility index (Phi) is 4.88. The number of anilines is 1. The van der Waals surface area contributed by atoms with Crippen LogP contribution < -0.4 is 5.32 Å². The van der Waals surface area contributed by atoms with Gasteiger partial charge < -0.3 is 10.1 Å². The summed E-state index contributed by atoms with van der Waals surface area (Å²) in [5.41, 5.74) is 1.78. The highest BCUT2D eigenvalue weighted by Crippen LogP contribution is 2.25. The number of benzene rings is 2. The molecule has 0 unspecified atom stereocenters. The third-order valence-corrected chi connectivity index (χ3v) is 3.53. The van der Waals surface area contributed by atoms with Crippen molar-refractivity contribution in [3.05, 3.63) is 63.6 Å². The largest absolute Gasteiger partial charge is 0.457 e. The Morgan fingerprint density at radius 1 is 1.10 bits per heavy atom. The molecule has 0 fully saturated rings. The predicted octanol–water partition coefficient (Wildman–Crippen LogP) is 4.39. The lowest BCUT2D eigenvalue weighted by Gasteiger charge is -2.10. The van der Waals surface area contributed by atoms with Crippen molar-refractivity contribution in [3.8, 4) is 0 Å². The van der Waals surface area contributed by atoms with E-state index in [0.29, 0.717) is 26.9 Å². The standard InChI is InChI=1S/C15H13Cl2NO2/c1-18-14-8-3-2-5-10(14)15(19)20-9-11-12(16)6-4-7-13(11)17/h2-8,18H,9H2,1H3. The summed E-state index contributed by atoms with van der Waals surface area (Å²) in [6.45, 7) is 0.0371. The van der Waals surface area contributed by atoms with Gasteiger partial charge in [0, 0.05) is 28.3 Å². The van der Waals surface area contributed by atoms with E-state index in [1.165, 1.54) is 0 Å². The van der Waals surface area contributed by atoms with Crippen LogP contribution in [0.15, 0.2) is 42.5 Å². The van der Waals surface area contributed by atoms with E-state index >= 15 is 0 Å². The first kappa shape index (κ1) is 14.7. The Morgan fingerprint density at radius 2 is 1.75 bits per heavy atom. The molecule has 0 bridgehead atoms. The number of rotatable bonds is 4. The van der Waals surface area contributed by atoms with E-state index in [1.54, 1.807) is 43.4 Å². The average Bonchev–Trinajstić information content (AvgIpc) is 2.46. The fourth-order valence-electron chi connectivity index (χ4n) is 1.76. The number of hydrogen-bond donors (Lipinski definition) is 1. The molecule has 0 saturated heterocycles. The number of esters is 1. The van der Waals surface area contributed by atoms with Gasteiger partial charge in [-0.05, 0) is 24.3 Å². The SMILES string of the molecule is CNc1ccccc1C(=O)OCc1c(Cl)cccc1Cl. The molecule has 0 radical (unpaired) electrons. The van der Waals surface area contributed by atoms with Gasteiger partial charge in [0.1, 0.15) is 6.61 Å². The molecule has 2 aromatic carbocycles. The van der Waals surface area contributed by atoms with Crippen LogP contribution in [-0.4, -0.2) is 13.0 Å². The van der Waals surface area contributed by atoms with E-state index in [0.717, 1.165) is 0 Å². The van der Waals surface area contributed by atoms with Crippen molar-refractivity contribution in [2.75, 3.05) is 12.4 Å². The van der Waals surface area contributed by atoms with Gasteiger partial charge in [-0.15, -0.1) is 0 Å². The molecule has 104 valence electrons. The number of ether oxygens (including phenoxy) is 1. The first-order chi connectivity index (χ1) is 9.63. The van der Waals surface area contributed by atoms with E-state index in [-0.39, 0.29) is 6.61 Å². The maximum atomic E-state index is 12.1. The molecule has 0 aromatic heterocycles. The molecule has 0 saturated carbocycles. The molecule has 0 heterocycles. The van der Waals surface area contributed by atoms with E-state index in [9.17, 15) is 4.79 Å². The van der Waals surface area contributed by atoms with Gasteiger partial charge in [0.25, 0.3) is 0 Å². The monoisotopic (exact) mass is 309 g/mol. The second kappa shape index (κ2) is 6.64. The van der Waals surface area contributed by atoms with Gasteiger partial charge in [-0.25, -0.2) is 4.79 Å². The number of para-hydroxylation sites is 1. The molecule has 0 aliphatic heterocycles. The maximum absolute atomic E-state index is 12.1. The van der Waals surface area contributed by atoms with Crippen LogP contribution in [0.5, 0.6) is 0 Å². The highest BCUT2D eigenvalue weighted by molar-refractivity contribution is 6.35. The summed E-state index contributed by atoms with van der Waals surface area (Å²) in [5.74, 6) is -0.425. The van der Waals surface area contributed by atoms with Crippen LogP contribution in [-0.2, 0) is 11.3 Å². The van der Waals surface area contributed by atoms with Crippen molar-refractivity contribution < 1.29 is 9.53 Å². The molecule has 3 nitrogen and oxygen atoms in total. The lowest BCUT2D eigenvalue weighted by Crippen LogP contribution is -2.08. The van der Waals surface area contributed by atoms with Crippen LogP contribution in [0.4, 0.5) is 5.69 Å². The summed E-state index contributed by atoms with van der Waals surface area (Å²) in [5, 5.41) is 3.90. The fourth-order valence-corrected chi connectivity index (χ4v) is 2.27. The van der Waals surface area contributed by atoms with E-state index in [4.69, 9.17) is 27.9 Å². The summed E-state index contributed by atoms with van der Waals surface area (Å²) >= 11 is 12.1. The maximum Gasteiger partial charge on any atom is 0.340 e. The van der Waals surface area contributed by atoms with Gasteiger partial charge in [-0.2, -0.15) is 0 Å². The smallest absolute Gasteiger partial charge is 0.340 e. The number of carbonyl (C=O) groups is 1. The molecule has 2 aromatic rings. The lowest BCUT2D eigenvalue weighted by atomic mass is 10.2. The molecular weight excluding hydrogens is 297 g/mol. The summed E-state index contributed by atoms with van der Waals surface area (Å²) in [4.78, 5) is 12.1. The third kappa shape index (κ3) is 3.24. The third-order valence-electron chi connectivity index (χ3n) is 2.83. The quantitative estimate of drug-likeness (QED) is 0.851. The Balaban J connectivity index is 2.13. The van der Waals surface area contributed by atoms with Gasteiger partial charge in [0.2, 0.25) is 0 Å². The van der Waals surface area contributed by atoms with Crippen LogP contribution >= 0.6 is 23.2 Å². The van der Waals surface area contributed by atoms with Crippen LogP contribution in [0.25, 0.3) is 0 Å². The van der Waals surface area contributed by atoms with Crippen LogP contribution in [0.2, 0.25) is 10.0 Å². The van der Waals surface area contributed by atoms with Gasteiger partial charge in [0.15, 0.2) is 0 Å². The number of halogens is 2. The highest BCUT2D eigenvalue weighted by atomic mass is 35.5. The summed E-state index contributed by atoms with van der Waals surface area (Å²) in [7, 11) is 1.75. The van der Waals surface area contributed by atoms with Crippen LogP contribution in [0, 0.1) is 0 Å². The zero-order valence-electron chi connectivity index (χ0n) is 10.8. The van der Waals surface area contributed by atoms with Crippen molar-refractivity contribution >= 4 is 34.9 Å². The van der Waals surface area contributed by atoms with Crippen LogP contribution in [0.3, 0.4) is 0 Å². The van der Waals surface area contributed by atoms with Gasteiger partial charge >= 0.3 is 5.97 Å². The molecule has 2 rings (SSSR count). The molecule has 5 heteroatoms. The molecule has 0 amide bonds. The number of hydrogen-bond acceptors (Lipinski definition) is 3. The topological polar surface area (TPSA) is 38.3 Å². The van der Waals surface area contributed by atoms with E-state index < -0.39 is 5.97 Å². The molecule has 0 aliphatic carbocycles. The molecular formula is C15H13Cl2NO2. The molecule has 1 N–H and O–H groups in total. The van der Waals surface area contributed by atoms with Crippen molar-refractivity contribution in [1.82, 2.24) is 0 Å². The fraction of sp³-hybridized carbons (Fsp3) is 0.133. The van der Waals surface area contributed by atoms with Crippen LogP contribution in [0.1, 0.15) is 15.9 Å². The minimum absolute atomic E-state index is 0.0371. The molecule has 0 aliphatic rings. The lowest BCUT2D eigenvalue weighted by molar-refractivity contribution is 0.0474. The van der Waals surface area contributed by atoms with E-state index in [1.807, 2.05) is 6.07 Å². The van der Waals surface area contributed by atoms with Crippen molar-refractivity contribution in [2.24, 2.45) is 0 Å². The minimum atomic E-state index is -0.425. The Bertz CT molecular complexity index is 609. The zero-order chi connectivity index (χ0) is 14.5. The minimum Gasteiger partial charge on any atom is -0.457 e. The second-order valence-corrected chi connectivity index (χ2v) is 4.89. The normalized spacial score (nSPS) is 10.2. The Morgan fingerprint density at radius 3 is 2.40 bits per heavy atom. The zero-order valence-corrected chi connectivity index (χ0v) is 12.3. The Labute approximate surface area is 127 Å². The first-order valence-corrected chi connectivity index (χ1v) is 6.76. The number of carbonyl (C=O) groups excluding carboxylic acids is 1. The summed E-state index contributed by atoms with van der Waals surface area (Å²) in [6.07, 6.45) is 0.